The van der Waals surface area contributed by atoms with Crippen LogP contribution in [0.2, 0.25) is 0 Å². The summed E-state index contributed by atoms with van der Waals surface area (Å²) in [6.45, 7) is 8.46. The maximum absolute atomic E-state index is 12.3. The van der Waals surface area contributed by atoms with E-state index in [1.165, 1.54) is 0 Å². The van der Waals surface area contributed by atoms with E-state index in [2.05, 4.69) is 22.5 Å². The van der Waals surface area contributed by atoms with E-state index in [9.17, 15) is 4.79 Å². The number of amides is 1. The molecule has 0 aromatic heterocycles. The fourth-order valence-corrected chi connectivity index (χ4v) is 2.47. The predicted octanol–water partition coefficient (Wildman–Crippen LogP) is 3.42. The summed E-state index contributed by atoms with van der Waals surface area (Å²) in [4.78, 5) is 18.6. The van der Waals surface area contributed by atoms with Gasteiger partial charge in [0.1, 0.15) is 0 Å². The molecule has 0 atom stereocenters. The van der Waals surface area contributed by atoms with E-state index in [4.69, 9.17) is 4.74 Å². The lowest BCUT2D eigenvalue weighted by Gasteiger charge is -2.18. The Morgan fingerprint density at radius 3 is 2.50 bits per heavy atom. The van der Waals surface area contributed by atoms with E-state index in [0.717, 1.165) is 50.5 Å². The van der Waals surface area contributed by atoms with Gasteiger partial charge in [0, 0.05) is 52.9 Å². The van der Waals surface area contributed by atoms with Crippen molar-refractivity contribution in [2.24, 2.45) is 4.99 Å². The van der Waals surface area contributed by atoms with Gasteiger partial charge in [0.25, 0.3) is 0 Å². The minimum Gasteiger partial charge on any atom is -0.381 e. The molecule has 1 amide bonds. The summed E-state index contributed by atoms with van der Waals surface area (Å²) in [5, 5.41) is 6.44. The van der Waals surface area contributed by atoms with Gasteiger partial charge >= 0.3 is 0 Å². The van der Waals surface area contributed by atoms with Gasteiger partial charge in [0.05, 0.1) is 0 Å². The van der Waals surface area contributed by atoms with Crippen LogP contribution in [0.5, 0.6) is 0 Å². The first-order valence-electron chi connectivity index (χ1n) is 10.0. The number of carbonyl (C=O) groups excluding carboxylic acids is 1. The molecule has 0 aliphatic heterocycles. The van der Waals surface area contributed by atoms with Gasteiger partial charge < -0.3 is 20.3 Å². The number of hydrogen-bond acceptors (Lipinski definition) is 3. The van der Waals surface area contributed by atoms with Crippen LogP contribution in [0.4, 0.5) is 0 Å². The molecule has 0 saturated heterocycles. The highest BCUT2D eigenvalue weighted by molar-refractivity contribution is 14.0. The molecule has 6 nitrogen and oxygen atoms in total. The highest BCUT2D eigenvalue weighted by atomic mass is 127. The number of aliphatic imine (C=N–C) groups is 1. The number of unbranched alkanes of at least 4 members (excludes halogenated alkanes) is 1. The zero-order valence-electron chi connectivity index (χ0n) is 17.6. The smallest absolute Gasteiger partial charge is 0.224 e. The SMILES string of the molecule is CCCCOCCCN=C(NCC)NCCC(=O)N(C)Cc1ccccc1.I. The van der Waals surface area contributed by atoms with Gasteiger partial charge in [-0.3, -0.25) is 9.79 Å². The van der Waals surface area contributed by atoms with Crippen LogP contribution >= 0.6 is 24.0 Å². The van der Waals surface area contributed by atoms with Crippen molar-refractivity contribution >= 4 is 35.8 Å². The number of halogens is 1. The summed E-state index contributed by atoms with van der Waals surface area (Å²) in [5.41, 5.74) is 1.14. The van der Waals surface area contributed by atoms with Crippen LogP contribution in [0.25, 0.3) is 0 Å². The summed E-state index contributed by atoms with van der Waals surface area (Å²) in [5.74, 6) is 0.871. The molecule has 0 spiro atoms. The van der Waals surface area contributed by atoms with E-state index in [1.54, 1.807) is 4.90 Å². The van der Waals surface area contributed by atoms with Crippen LogP contribution in [0.1, 0.15) is 45.1 Å². The number of ether oxygens (including phenoxy) is 1. The molecule has 1 rings (SSSR count). The molecule has 2 N–H and O–H groups in total. The van der Waals surface area contributed by atoms with Gasteiger partial charge in [0.2, 0.25) is 5.91 Å². The highest BCUT2D eigenvalue weighted by Gasteiger charge is 2.09. The molecule has 7 heteroatoms. The molecule has 28 heavy (non-hydrogen) atoms. The zero-order chi connectivity index (χ0) is 19.7. The van der Waals surface area contributed by atoms with Gasteiger partial charge in [-0.05, 0) is 25.3 Å². The van der Waals surface area contributed by atoms with Crippen molar-refractivity contribution in [2.45, 2.75) is 46.1 Å². The Hall–Kier alpha value is -1.35. The first-order valence-corrected chi connectivity index (χ1v) is 10.0. The Morgan fingerprint density at radius 1 is 1.11 bits per heavy atom. The summed E-state index contributed by atoms with van der Waals surface area (Å²) < 4.78 is 5.54. The Kier molecular flexibility index (Phi) is 16.9. The topological polar surface area (TPSA) is 66.0 Å². The predicted molar refractivity (Wildman–Crippen MR) is 127 cm³/mol. The zero-order valence-corrected chi connectivity index (χ0v) is 19.9. The molecule has 0 unspecified atom stereocenters. The lowest BCUT2D eigenvalue weighted by Crippen LogP contribution is -2.39. The molecular formula is C21H37IN4O2. The van der Waals surface area contributed by atoms with Crippen molar-refractivity contribution in [1.29, 1.82) is 0 Å². The maximum atomic E-state index is 12.3. The Labute approximate surface area is 187 Å². The molecule has 1 aromatic rings. The Morgan fingerprint density at radius 2 is 1.82 bits per heavy atom. The monoisotopic (exact) mass is 504 g/mol. The summed E-state index contributed by atoms with van der Waals surface area (Å²) in [6.07, 6.45) is 3.61. The van der Waals surface area contributed by atoms with E-state index in [0.29, 0.717) is 26.1 Å². The van der Waals surface area contributed by atoms with Crippen molar-refractivity contribution in [3.8, 4) is 0 Å². The third-order valence-electron chi connectivity index (χ3n) is 4.02. The molecular weight excluding hydrogens is 467 g/mol. The second-order valence-electron chi connectivity index (χ2n) is 6.49. The molecule has 1 aromatic carbocycles. The first-order chi connectivity index (χ1) is 13.2. The number of nitrogens with one attached hydrogen (secondary N) is 2. The van der Waals surface area contributed by atoms with Crippen LogP contribution in [0, 0.1) is 0 Å². The molecule has 160 valence electrons. The van der Waals surface area contributed by atoms with Crippen molar-refractivity contribution < 1.29 is 9.53 Å². The van der Waals surface area contributed by atoms with E-state index in [1.807, 2.05) is 44.3 Å². The van der Waals surface area contributed by atoms with Crippen LogP contribution in [0.15, 0.2) is 35.3 Å². The van der Waals surface area contributed by atoms with Crippen molar-refractivity contribution in [3.05, 3.63) is 35.9 Å². The summed E-state index contributed by atoms with van der Waals surface area (Å²) in [7, 11) is 1.84. The second-order valence-corrected chi connectivity index (χ2v) is 6.49. The molecule has 0 fully saturated rings. The standard InChI is InChI=1S/C21H36N4O2.HI/c1-4-6-16-27-17-10-14-23-21(22-5-2)24-15-13-20(26)25(3)18-19-11-8-7-9-12-19;/h7-9,11-12H,4-6,10,13-18H2,1-3H3,(H2,22,23,24);1H. The highest BCUT2D eigenvalue weighted by Crippen LogP contribution is 2.03. The molecule has 0 heterocycles. The van der Waals surface area contributed by atoms with Gasteiger partial charge in [-0.25, -0.2) is 0 Å². The molecule has 0 radical (unpaired) electrons. The third kappa shape index (κ3) is 12.9. The van der Waals surface area contributed by atoms with Crippen molar-refractivity contribution in [2.75, 3.05) is 39.9 Å². The van der Waals surface area contributed by atoms with Gasteiger partial charge in [-0.15, -0.1) is 24.0 Å². The molecule has 0 aliphatic rings. The Bertz CT molecular complexity index is 540. The van der Waals surface area contributed by atoms with Crippen LogP contribution < -0.4 is 10.6 Å². The minimum absolute atomic E-state index is 0. The van der Waals surface area contributed by atoms with E-state index < -0.39 is 0 Å². The number of guanidine groups is 1. The van der Waals surface area contributed by atoms with Crippen molar-refractivity contribution in [1.82, 2.24) is 15.5 Å². The number of hydrogen-bond donors (Lipinski definition) is 2. The average molecular weight is 504 g/mol. The normalized spacial score (nSPS) is 10.9. The third-order valence-corrected chi connectivity index (χ3v) is 4.02. The lowest BCUT2D eigenvalue weighted by molar-refractivity contribution is -0.130. The number of nitrogens with zero attached hydrogens (tertiary/aromatic N) is 2. The van der Waals surface area contributed by atoms with Gasteiger partial charge in [-0.1, -0.05) is 43.7 Å². The van der Waals surface area contributed by atoms with Crippen LogP contribution in [-0.4, -0.2) is 56.7 Å². The number of rotatable bonds is 13. The molecule has 0 saturated carbocycles. The number of carbonyl (C=O) groups is 1. The largest absolute Gasteiger partial charge is 0.381 e. The molecule has 0 bridgehead atoms. The fraction of sp³-hybridized carbons (Fsp3) is 0.619. The quantitative estimate of drug-likeness (QED) is 0.187. The summed E-state index contributed by atoms with van der Waals surface area (Å²) >= 11 is 0. The second kappa shape index (κ2) is 17.7. The lowest BCUT2D eigenvalue weighted by atomic mass is 10.2. The molecule has 0 aliphatic carbocycles. The van der Waals surface area contributed by atoms with Crippen LogP contribution in [-0.2, 0) is 16.1 Å². The van der Waals surface area contributed by atoms with Gasteiger partial charge in [0.15, 0.2) is 5.96 Å². The fourth-order valence-electron chi connectivity index (χ4n) is 2.47. The number of benzene rings is 1. The maximum Gasteiger partial charge on any atom is 0.224 e. The van der Waals surface area contributed by atoms with Gasteiger partial charge in [-0.2, -0.15) is 0 Å². The Balaban J connectivity index is 0.00000729. The van der Waals surface area contributed by atoms with E-state index >= 15 is 0 Å². The van der Waals surface area contributed by atoms with Crippen molar-refractivity contribution in [3.63, 3.8) is 0 Å². The van der Waals surface area contributed by atoms with Crippen LogP contribution in [0.3, 0.4) is 0 Å². The summed E-state index contributed by atoms with van der Waals surface area (Å²) in [6, 6.07) is 10.0. The average Bonchev–Trinajstić information content (AvgIpc) is 2.67. The first kappa shape index (κ1) is 26.6. The minimum atomic E-state index is 0. The van der Waals surface area contributed by atoms with E-state index in [-0.39, 0.29) is 29.9 Å².